The second-order valence-electron chi connectivity index (χ2n) is 6.59. The van der Waals surface area contributed by atoms with Gasteiger partial charge in [-0.3, -0.25) is 14.4 Å². The summed E-state index contributed by atoms with van der Waals surface area (Å²) in [5, 5.41) is 5.50. The SMILES string of the molecule is Cc1nn(C)c2sc(C(=O)N3CCN(Cc4ccccc4)CC3)cc12. The number of piperazine rings is 1. The molecule has 0 aliphatic carbocycles. The predicted molar refractivity (Wildman–Crippen MR) is 101 cm³/mol. The Bertz CT molecular complexity index is 856. The summed E-state index contributed by atoms with van der Waals surface area (Å²) < 4.78 is 1.86. The van der Waals surface area contributed by atoms with Crippen molar-refractivity contribution in [1.82, 2.24) is 19.6 Å². The van der Waals surface area contributed by atoms with Gasteiger partial charge < -0.3 is 4.90 Å². The summed E-state index contributed by atoms with van der Waals surface area (Å²) >= 11 is 1.55. The first kappa shape index (κ1) is 16.3. The highest BCUT2D eigenvalue weighted by atomic mass is 32.1. The smallest absolute Gasteiger partial charge is 0.264 e. The number of nitrogens with zero attached hydrogens (tertiary/aromatic N) is 4. The van der Waals surface area contributed by atoms with Crippen LogP contribution in [0.3, 0.4) is 0 Å². The average Bonchev–Trinajstić information content (AvgIpc) is 3.18. The van der Waals surface area contributed by atoms with E-state index in [9.17, 15) is 4.79 Å². The van der Waals surface area contributed by atoms with E-state index >= 15 is 0 Å². The minimum atomic E-state index is 0.153. The van der Waals surface area contributed by atoms with Crippen LogP contribution in [0.4, 0.5) is 0 Å². The van der Waals surface area contributed by atoms with Gasteiger partial charge in [0.2, 0.25) is 0 Å². The first-order chi connectivity index (χ1) is 12.1. The molecule has 1 aromatic carbocycles. The van der Waals surface area contributed by atoms with Gasteiger partial charge >= 0.3 is 0 Å². The van der Waals surface area contributed by atoms with Gasteiger partial charge in [0.15, 0.2) is 0 Å². The first-order valence-corrected chi connectivity index (χ1v) is 9.42. The Balaban J connectivity index is 1.41. The zero-order valence-corrected chi connectivity index (χ0v) is 15.4. The first-order valence-electron chi connectivity index (χ1n) is 8.60. The van der Waals surface area contributed by atoms with Gasteiger partial charge in [0.25, 0.3) is 5.91 Å². The minimum absolute atomic E-state index is 0.153. The van der Waals surface area contributed by atoms with Gasteiger partial charge in [0, 0.05) is 45.2 Å². The summed E-state index contributed by atoms with van der Waals surface area (Å²) in [6.07, 6.45) is 0. The van der Waals surface area contributed by atoms with E-state index in [4.69, 9.17) is 0 Å². The molecule has 0 bridgehead atoms. The molecular weight excluding hydrogens is 332 g/mol. The van der Waals surface area contributed by atoms with Crippen LogP contribution in [-0.4, -0.2) is 51.7 Å². The van der Waals surface area contributed by atoms with Crippen LogP contribution < -0.4 is 0 Å². The van der Waals surface area contributed by atoms with Crippen molar-refractivity contribution >= 4 is 27.5 Å². The van der Waals surface area contributed by atoms with Gasteiger partial charge in [-0.05, 0) is 18.6 Å². The van der Waals surface area contributed by atoms with Crippen molar-refractivity contribution in [1.29, 1.82) is 0 Å². The molecule has 0 unspecified atom stereocenters. The van der Waals surface area contributed by atoms with Crippen molar-refractivity contribution in [2.24, 2.45) is 7.05 Å². The molecule has 0 saturated carbocycles. The second kappa shape index (κ2) is 6.61. The van der Waals surface area contributed by atoms with E-state index in [0.29, 0.717) is 0 Å². The number of aromatic nitrogens is 2. The third-order valence-corrected chi connectivity index (χ3v) is 6.01. The van der Waals surface area contributed by atoms with Crippen molar-refractivity contribution in [3.05, 3.63) is 52.5 Å². The summed E-state index contributed by atoms with van der Waals surface area (Å²) in [6, 6.07) is 12.5. The lowest BCUT2D eigenvalue weighted by molar-refractivity contribution is 0.0633. The number of aryl methyl sites for hydroxylation is 2. The number of benzene rings is 1. The molecule has 1 aliphatic rings. The van der Waals surface area contributed by atoms with Gasteiger partial charge in [-0.1, -0.05) is 30.3 Å². The van der Waals surface area contributed by atoms with Crippen LogP contribution in [-0.2, 0) is 13.6 Å². The van der Waals surface area contributed by atoms with Gasteiger partial charge in [-0.2, -0.15) is 5.10 Å². The van der Waals surface area contributed by atoms with Crippen LogP contribution in [0.15, 0.2) is 36.4 Å². The predicted octanol–water partition coefficient (Wildman–Crippen LogP) is 2.90. The van der Waals surface area contributed by atoms with Crippen LogP contribution in [0.25, 0.3) is 10.2 Å². The number of carbonyl (C=O) groups is 1. The largest absolute Gasteiger partial charge is 0.335 e. The fourth-order valence-electron chi connectivity index (χ4n) is 3.42. The summed E-state index contributed by atoms with van der Waals surface area (Å²) in [6.45, 7) is 6.37. The van der Waals surface area contributed by atoms with Crippen molar-refractivity contribution in [3.8, 4) is 0 Å². The van der Waals surface area contributed by atoms with Gasteiger partial charge in [0.05, 0.1) is 10.6 Å². The molecule has 3 heterocycles. The molecule has 0 N–H and O–H groups in total. The monoisotopic (exact) mass is 354 g/mol. The fraction of sp³-hybridized carbons (Fsp3) is 0.368. The maximum atomic E-state index is 12.8. The Morgan fingerprint density at radius 2 is 1.88 bits per heavy atom. The molecule has 130 valence electrons. The Morgan fingerprint density at radius 3 is 2.56 bits per heavy atom. The highest BCUT2D eigenvalue weighted by Gasteiger charge is 2.24. The van der Waals surface area contributed by atoms with Crippen LogP contribution in [0.5, 0.6) is 0 Å². The topological polar surface area (TPSA) is 41.4 Å². The summed E-state index contributed by atoms with van der Waals surface area (Å²) in [7, 11) is 1.93. The molecule has 25 heavy (non-hydrogen) atoms. The van der Waals surface area contributed by atoms with Crippen molar-refractivity contribution < 1.29 is 4.79 Å². The number of hydrogen-bond acceptors (Lipinski definition) is 4. The van der Waals surface area contributed by atoms with E-state index in [1.807, 2.05) is 35.7 Å². The molecule has 2 aromatic heterocycles. The maximum Gasteiger partial charge on any atom is 0.264 e. The van der Waals surface area contributed by atoms with E-state index < -0.39 is 0 Å². The minimum Gasteiger partial charge on any atom is -0.335 e. The fourth-order valence-corrected chi connectivity index (χ4v) is 4.51. The van der Waals surface area contributed by atoms with Gasteiger partial charge in [-0.15, -0.1) is 11.3 Å². The zero-order chi connectivity index (χ0) is 17.4. The van der Waals surface area contributed by atoms with Crippen molar-refractivity contribution in [2.45, 2.75) is 13.5 Å². The normalized spacial score (nSPS) is 15.8. The number of fused-ring (bicyclic) bond motifs is 1. The van der Waals surface area contributed by atoms with E-state index in [1.165, 1.54) is 5.56 Å². The molecule has 0 atom stereocenters. The number of thiophene rings is 1. The number of hydrogen-bond donors (Lipinski definition) is 0. The van der Waals surface area contributed by atoms with Crippen molar-refractivity contribution in [3.63, 3.8) is 0 Å². The van der Waals surface area contributed by atoms with E-state index in [-0.39, 0.29) is 5.91 Å². The molecule has 0 radical (unpaired) electrons. The highest BCUT2D eigenvalue weighted by Crippen LogP contribution is 2.28. The molecule has 4 rings (SSSR count). The Labute approximate surface area is 151 Å². The van der Waals surface area contributed by atoms with Crippen LogP contribution in [0.1, 0.15) is 20.9 Å². The molecule has 1 amide bonds. The summed E-state index contributed by atoms with van der Waals surface area (Å²) in [4.78, 5) is 19.1. The summed E-state index contributed by atoms with van der Waals surface area (Å²) in [5.41, 5.74) is 2.32. The Kier molecular flexibility index (Phi) is 4.31. The maximum absolute atomic E-state index is 12.8. The standard InChI is InChI=1S/C19H22N4OS/c1-14-16-12-17(25-19(16)21(2)20-14)18(24)23-10-8-22(9-11-23)13-15-6-4-3-5-7-15/h3-7,12H,8-11,13H2,1-2H3. The number of rotatable bonds is 3. The second-order valence-corrected chi connectivity index (χ2v) is 7.62. The van der Waals surface area contributed by atoms with E-state index in [2.05, 4.69) is 34.3 Å². The zero-order valence-electron chi connectivity index (χ0n) is 14.6. The molecular formula is C19H22N4OS. The lowest BCUT2D eigenvalue weighted by Gasteiger charge is -2.34. The number of carbonyl (C=O) groups excluding carboxylic acids is 1. The lowest BCUT2D eigenvalue weighted by Crippen LogP contribution is -2.48. The molecule has 5 nitrogen and oxygen atoms in total. The number of amides is 1. The quantitative estimate of drug-likeness (QED) is 0.726. The average molecular weight is 354 g/mol. The van der Waals surface area contributed by atoms with Crippen molar-refractivity contribution in [2.75, 3.05) is 26.2 Å². The third kappa shape index (κ3) is 3.19. The van der Waals surface area contributed by atoms with E-state index in [1.54, 1.807) is 11.3 Å². The molecule has 0 spiro atoms. The highest BCUT2D eigenvalue weighted by molar-refractivity contribution is 7.20. The van der Waals surface area contributed by atoms with Gasteiger partial charge in [0.1, 0.15) is 4.83 Å². The Morgan fingerprint density at radius 1 is 1.16 bits per heavy atom. The molecule has 3 aromatic rings. The molecule has 1 saturated heterocycles. The molecule has 6 heteroatoms. The lowest BCUT2D eigenvalue weighted by atomic mass is 10.2. The molecule has 1 aliphatic heterocycles. The van der Waals surface area contributed by atoms with Crippen LogP contribution in [0.2, 0.25) is 0 Å². The Hall–Kier alpha value is -2.18. The summed E-state index contributed by atoms with van der Waals surface area (Å²) in [5.74, 6) is 0.153. The molecule has 1 fully saturated rings. The van der Waals surface area contributed by atoms with Gasteiger partial charge in [-0.25, -0.2) is 0 Å². The van der Waals surface area contributed by atoms with Crippen LogP contribution >= 0.6 is 11.3 Å². The van der Waals surface area contributed by atoms with Crippen LogP contribution in [0, 0.1) is 6.92 Å². The van der Waals surface area contributed by atoms with E-state index in [0.717, 1.165) is 53.5 Å². The third-order valence-electron chi connectivity index (χ3n) is 4.82.